The average molecular weight is 564 g/mol. The van der Waals surface area contributed by atoms with Crippen molar-refractivity contribution in [2.45, 2.75) is 52.0 Å². The molecule has 0 bridgehead atoms. The van der Waals surface area contributed by atoms with Crippen LogP contribution in [0.15, 0.2) is 54.6 Å². The number of likely N-dealkylation sites (N-methyl/N-ethyl adjacent to an activating group) is 1. The van der Waals surface area contributed by atoms with Crippen LogP contribution in [-0.2, 0) is 37.6 Å². The SMILES string of the molecule is CNC(=O)[C@H](Cc1ccc(OS(=O)(=O)O)cc1)NC(=O)[C@H](CC(C)C)C(CCCc1ccccc1)C(=O)NO. The monoisotopic (exact) mass is 563 g/mol. The fourth-order valence-electron chi connectivity index (χ4n) is 4.43. The Morgan fingerprint density at radius 2 is 1.54 bits per heavy atom. The molecule has 2 aromatic carbocycles. The first-order valence-corrected chi connectivity index (χ1v) is 14.1. The number of hydroxylamine groups is 1. The Kier molecular flexibility index (Phi) is 12.4. The molecule has 0 saturated heterocycles. The Morgan fingerprint density at radius 3 is 2.08 bits per heavy atom. The van der Waals surface area contributed by atoms with Gasteiger partial charge >= 0.3 is 10.4 Å². The van der Waals surface area contributed by atoms with Crippen molar-refractivity contribution in [1.29, 1.82) is 0 Å². The summed E-state index contributed by atoms with van der Waals surface area (Å²) in [4.78, 5) is 38.9. The zero-order valence-corrected chi connectivity index (χ0v) is 23.1. The minimum Gasteiger partial charge on any atom is -0.362 e. The van der Waals surface area contributed by atoms with Crippen LogP contribution in [-0.4, -0.2) is 49.0 Å². The van der Waals surface area contributed by atoms with E-state index in [4.69, 9.17) is 4.55 Å². The second kappa shape index (κ2) is 15.2. The molecule has 2 aromatic rings. The van der Waals surface area contributed by atoms with Gasteiger partial charge in [-0.3, -0.25) is 24.1 Å². The van der Waals surface area contributed by atoms with Crippen LogP contribution in [0.4, 0.5) is 0 Å². The summed E-state index contributed by atoms with van der Waals surface area (Å²) in [5.41, 5.74) is 3.38. The fourth-order valence-corrected chi connectivity index (χ4v) is 4.79. The molecule has 0 aliphatic carbocycles. The number of benzene rings is 2. The third-order valence-electron chi connectivity index (χ3n) is 6.26. The molecule has 0 saturated carbocycles. The van der Waals surface area contributed by atoms with Gasteiger partial charge in [-0.2, -0.15) is 8.42 Å². The van der Waals surface area contributed by atoms with Crippen LogP contribution in [0.25, 0.3) is 0 Å². The molecule has 0 radical (unpaired) electrons. The van der Waals surface area contributed by atoms with Crippen LogP contribution in [0, 0.1) is 17.8 Å². The second-order valence-electron chi connectivity index (χ2n) is 9.73. The van der Waals surface area contributed by atoms with Gasteiger partial charge in [-0.1, -0.05) is 56.3 Å². The lowest BCUT2D eigenvalue weighted by Gasteiger charge is -2.28. The smallest absolute Gasteiger partial charge is 0.362 e. The largest absolute Gasteiger partial charge is 0.446 e. The van der Waals surface area contributed by atoms with Gasteiger partial charge in [-0.25, -0.2) is 5.48 Å². The molecule has 214 valence electrons. The molecule has 0 heterocycles. The van der Waals surface area contributed by atoms with E-state index in [0.717, 1.165) is 5.56 Å². The summed E-state index contributed by atoms with van der Waals surface area (Å²) < 4.78 is 35.0. The van der Waals surface area contributed by atoms with Gasteiger partial charge in [0.25, 0.3) is 0 Å². The molecule has 11 nitrogen and oxygen atoms in total. The zero-order chi connectivity index (χ0) is 29.0. The van der Waals surface area contributed by atoms with E-state index in [0.29, 0.717) is 31.2 Å². The number of rotatable bonds is 15. The van der Waals surface area contributed by atoms with Crippen molar-refractivity contribution in [3.05, 3.63) is 65.7 Å². The highest BCUT2D eigenvalue weighted by atomic mass is 32.3. The normalized spacial score (nSPS) is 13.7. The number of nitrogens with one attached hydrogen (secondary N) is 3. The van der Waals surface area contributed by atoms with Crippen molar-refractivity contribution in [3.8, 4) is 5.75 Å². The Morgan fingerprint density at radius 1 is 0.897 bits per heavy atom. The van der Waals surface area contributed by atoms with Crippen molar-refractivity contribution in [2.75, 3.05) is 7.05 Å². The van der Waals surface area contributed by atoms with Gasteiger partial charge in [-0.15, -0.1) is 0 Å². The van der Waals surface area contributed by atoms with Crippen LogP contribution < -0.4 is 20.3 Å². The van der Waals surface area contributed by atoms with Gasteiger partial charge in [0.2, 0.25) is 17.7 Å². The summed E-state index contributed by atoms with van der Waals surface area (Å²) in [6, 6.07) is 14.4. The quantitative estimate of drug-likeness (QED) is 0.125. The van der Waals surface area contributed by atoms with Crippen molar-refractivity contribution >= 4 is 28.1 Å². The predicted octanol–water partition coefficient (Wildman–Crippen LogP) is 2.45. The van der Waals surface area contributed by atoms with E-state index in [9.17, 15) is 28.0 Å². The lowest BCUT2D eigenvalue weighted by molar-refractivity contribution is -0.142. The van der Waals surface area contributed by atoms with E-state index in [1.807, 2.05) is 44.2 Å². The summed E-state index contributed by atoms with van der Waals surface area (Å²) in [6.07, 6.45) is 2.09. The van der Waals surface area contributed by atoms with Crippen molar-refractivity contribution in [2.24, 2.45) is 17.8 Å². The van der Waals surface area contributed by atoms with Gasteiger partial charge < -0.3 is 14.8 Å². The molecule has 39 heavy (non-hydrogen) atoms. The number of hydrogen-bond donors (Lipinski definition) is 5. The van der Waals surface area contributed by atoms with E-state index in [1.54, 1.807) is 5.48 Å². The first kappa shape index (κ1) is 31.7. The van der Waals surface area contributed by atoms with E-state index in [1.165, 1.54) is 31.3 Å². The van der Waals surface area contributed by atoms with Crippen molar-refractivity contribution in [1.82, 2.24) is 16.1 Å². The van der Waals surface area contributed by atoms with Gasteiger partial charge in [0, 0.05) is 19.4 Å². The average Bonchev–Trinajstić information content (AvgIpc) is 2.89. The predicted molar refractivity (Wildman–Crippen MR) is 144 cm³/mol. The standard InChI is InChI=1S/C27H37N3O8S/c1-18(2)16-23(22(26(32)30-34)11-7-10-19-8-5-4-6-9-19)25(31)29-24(27(33)28-3)17-20-12-14-21(15-13-20)38-39(35,36)37/h4-6,8-9,12-15,18,22-24,34H,7,10-11,16-17H2,1-3H3,(H,28,33)(H,29,31)(H,30,32)(H,35,36,37)/t22?,23-,24+/m1/s1. The molecule has 0 spiro atoms. The molecular formula is C27H37N3O8S. The molecule has 2 rings (SSSR count). The number of carbonyl (C=O) groups is 3. The first-order chi connectivity index (χ1) is 18.4. The van der Waals surface area contributed by atoms with Crippen LogP contribution in [0.5, 0.6) is 5.75 Å². The van der Waals surface area contributed by atoms with Crippen molar-refractivity contribution in [3.63, 3.8) is 0 Å². The molecule has 3 atom stereocenters. The highest BCUT2D eigenvalue weighted by Gasteiger charge is 2.35. The van der Waals surface area contributed by atoms with E-state index in [2.05, 4.69) is 14.8 Å². The van der Waals surface area contributed by atoms with Crippen LogP contribution in [0.1, 0.15) is 44.2 Å². The van der Waals surface area contributed by atoms with E-state index in [-0.39, 0.29) is 18.1 Å². The Labute approximate surface area is 229 Å². The number of hydrogen-bond acceptors (Lipinski definition) is 7. The second-order valence-corrected chi connectivity index (χ2v) is 10.8. The van der Waals surface area contributed by atoms with E-state index < -0.39 is 46.0 Å². The van der Waals surface area contributed by atoms with Crippen LogP contribution >= 0.6 is 0 Å². The maximum Gasteiger partial charge on any atom is 0.446 e. The highest BCUT2D eigenvalue weighted by molar-refractivity contribution is 7.81. The minimum atomic E-state index is -4.68. The fraction of sp³-hybridized carbons (Fsp3) is 0.444. The molecular weight excluding hydrogens is 526 g/mol. The highest BCUT2D eigenvalue weighted by Crippen LogP contribution is 2.27. The number of aryl methyl sites for hydroxylation is 1. The molecule has 0 aromatic heterocycles. The van der Waals surface area contributed by atoms with Crippen LogP contribution in [0.3, 0.4) is 0 Å². The van der Waals surface area contributed by atoms with Crippen molar-refractivity contribution < 1.29 is 36.7 Å². The third-order valence-corrected chi connectivity index (χ3v) is 6.67. The lowest BCUT2D eigenvalue weighted by atomic mass is 9.80. The summed E-state index contributed by atoms with van der Waals surface area (Å²) in [6.45, 7) is 3.84. The Hall–Kier alpha value is -3.48. The molecule has 0 fully saturated rings. The number of carbonyl (C=O) groups excluding carboxylic acids is 3. The van der Waals surface area contributed by atoms with Gasteiger partial charge in [0.1, 0.15) is 11.8 Å². The van der Waals surface area contributed by atoms with Gasteiger partial charge in [0.05, 0.1) is 5.92 Å². The summed E-state index contributed by atoms with van der Waals surface area (Å²) in [5, 5.41) is 14.7. The Balaban J connectivity index is 2.21. The topological polar surface area (TPSA) is 171 Å². The molecule has 3 amide bonds. The summed E-state index contributed by atoms with van der Waals surface area (Å²) in [5.74, 6) is -3.29. The first-order valence-electron chi connectivity index (χ1n) is 12.7. The third kappa shape index (κ3) is 11.0. The number of amides is 3. The van der Waals surface area contributed by atoms with Gasteiger partial charge in [0.15, 0.2) is 0 Å². The zero-order valence-electron chi connectivity index (χ0n) is 22.3. The molecule has 1 unspecified atom stereocenters. The molecule has 12 heteroatoms. The van der Waals surface area contributed by atoms with Crippen LogP contribution in [0.2, 0.25) is 0 Å². The Bertz CT molecular complexity index is 1190. The van der Waals surface area contributed by atoms with Gasteiger partial charge in [-0.05, 0) is 54.9 Å². The summed E-state index contributed by atoms with van der Waals surface area (Å²) in [7, 11) is -3.25. The summed E-state index contributed by atoms with van der Waals surface area (Å²) >= 11 is 0. The molecule has 0 aliphatic rings. The lowest BCUT2D eigenvalue weighted by Crippen LogP contribution is -2.51. The maximum atomic E-state index is 13.5. The molecule has 0 aliphatic heterocycles. The van der Waals surface area contributed by atoms with E-state index >= 15 is 0 Å². The molecule has 5 N–H and O–H groups in total. The maximum absolute atomic E-state index is 13.5. The minimum absolute atomic E-state index is 0.0534.